The number of amides is 1. The van der Waals surface area contributed by atoms with E-state index in [4.69, 9.17) is 4.52 Å². The average Bonchev–Trinajstić information content (AvgIpc) is 3.19. The number of aromatic nitrogens is 1. The molecular weight excluding hydrogens is 382 g/mol. The average molecular weight is 403 g/mol. The van der Waals surface area contributed by atoms with E-state index in [-0.39, 0.29) is 5.56 Å². The van der Waals surface area contributed by atoms with E-state index in [1.54, 1.807) is 32.9 Å². The van der Waals surface area contributed by atoms with Crippen molar-refractivity contribution in [1.29, 1.82) is 0 Å². The first kappa shape index (κ1) is 20.1. The van der Waals surface area contributed by atoms with E-state index in [0.29, 0.717) is 23.3 Å². The molecule has 3 atom stereocenters. The van der Waals surface area contributed by atoms with Crippen LogP contribution in [0.3, 0.4) is 0 Å². The molecule has 1 aromatic carbocycles. The highest BCUT2D eigenvalue weighted by Gasteiger charge is 2.47. The number of nitrogens with one attached hydrogen (secondary N) is 2. The smallest absolute Gasteiger partial charge is 0.322 e. The fraction of sp³-hybridized carbons (Fsp3) is 0.368. The lowest BCUT2D eigenvalue weighted by Crippen LogP contribution is -2.51. The molecule has 0 aliphatic carbocycles. The van der Waals surface area contributed by atoms with Gasteiger partial charge in [-0.25, -0.2) is 0 Å². The summed E-state index contributed by atoms with van der Waals surface area (Å²) in [7, 11) is 0. The number of carbonyl (C=O) groups is 3. The van der Waals surface area contributed by atoms with Gasteiger partial charge in [0, 0.05) is 10.3 Å². The Labute approximate surface area is 166 Å². The van der Waals surface area contributed by atoms with Gasteiger partial charge in [-0.2, -0.15) is 0 Å². The van der Waals surface area contributed by atoms with Gasteiger partial charge in [-0.1, -0.05) is 35.5 Å². The molecule has 9 heteroatoms. The highest BCUT2D eigenvalue weighted by Crippen LogP contribution is 2.39. The molecule has 148 valence electrons. The van der Waals surface area contributed by atoms with Crippen LogP contribution in [0.4, 0.5) is 0 Å². The summed E-state index contributed by atoms with van der Waals surface area (Å²) in [5.41, 5.74) is 1.35. The zero-order chi connectivity index (χ0) is 20.5. The third kappa shape index (κ3) is 3.81. The van der Waals surface area contributed by atoms with Crippen LogP contribution in [0.2, 0.25) is 0 Å². The zero-order valence-electron chi connectivity index (χ0n) is 15.6. The number of carboxylic acids is 1. The van der Waals surface area contributed by atoms with Gasteiger partial charge in [0.25, 0.3) is 5.91 Å². The Bertz CT molecular complexity index is 896. The van der Waals surface area contributed by atoms with Crippen LogP contribution >= 0.6 is 11.8 Å². The van der Waals surface area contributed by atoms with Crippen molar-refractivity contribution in [2.24, 2.45) is 0 Å². The van der Waals surface area contributed by atoms with Crippen molar-refractivity contribution in [3.05, 3.63) is 41.7 Å². The van der Waals surface area contributed by atoms with Gasteiger partial charge in [0.05, 0.1) is 5.37 Å². The maximum Gasteiger partial charge on any atom is 0.322 e. The first-order chi connectivity index (χ1) is 13.2. The minimum atomic E-state index is -1.00. The molecule has 0 spiro atoms. The fourth-order valence-corrected chi connectivity index (χ4v) is 4.62. The van der Waals surface area contributed by atoms with Gasteiger partial charge in [-0.15, -0.1) is 11.8 Å². The van der Waals surface area contributed by atoms with Crippen LogP contribution in [0.1, 0.15) is 30.0 Å². The fourth-order valence-electron chi connectivity index (χ4n) is 3.18. The minimum Gasteiger partial charge on any atom is -0.480 e. The summed E-state index contributed by atoms with van der Waals surface area (Å²) in [5.74, 6) is -1.18. The predicted octanol–water partition coefficient (Wildman–Crippen LogP) is 1.84. The van der Waals surface area contributed by atoms with Gasteiger partial charge < -0.3 is 19.7 Å². The maximum atomic E-state index is 12.9. The number of aliphatic carboxylic acids is 1. The summed E-state index contributed by atoms with van der Waals surface area (Å²) in [5, 5.41) is 18.4. The molecular formula is C19H21N3O5S. The largest absolute Gasteiger partial charge is 0.480 e. The van der Waals surface area contributed by atoms with E-state index >= 15 is 0 Å². The van der Waals surface area contributed by atoms with Crippen molar-refractivity contribution in [3.63, 3.8) is 0 Å². The minimum absolute atomic E-state index is 0.245. The van der Waals surface area contributed by atoms with Gasteiger partial charge in [0.15, 0.2) is 0 Å². The Kier molecular flexibility index (Phi) is 5.57. The number of hydrogen-bond donors (Lipinski definition) is 3. The predicted molar refractivity (Wildman–Crippen MR) is 104 cm³/mol. The number of nitrogens with zero attached hydrogens (tertiary/aromatic N) is 1. The van der Waals surface area contributed by atoms with Crippen LogP contribution in [0.5, 0.6) is 0 Å². The van der Waals surface area contributed by atoms with Crippen LogP contribution in [-0.4, -0.2) is 50.6 Å². The summed E-state index contributed by atoms with van der Waals surface area (Å²) >= 11 is 1.30. The third-order valence-electron chi connectivity index (χ3n) is 4.61. The van der Waals surface area contributed by atoms with Crippen LogP contribution in [-0.2, 0) is 9.59 Å². The second kappa shape index (κ2) is 7.76. The molecule has 0 unspecified atom stereocenters. The Hall–Kier alpha value is -2.65. The normalized spacial score (nSPS) is 21.8. The van der Waals surface area contributed by atoms with Gasteiger partial charge in [0.2, 0.25) is 0 Å². The first-order valence-electron chi connectivity index (χ1n) is 8.69. The lowest BCUT2D eigenvalue weighted by molar-refractivity contribution is -0.140. The molecule has 1 aliphatic heterocycles. The Morgan fingerprint density at radius 3 is 2.61 bits per heavy atom. The standard InChI is InChI=1S/C19H21N3O5S/c1-10-13(14(22-27-10)11-7-5-4-6-8-11)16(24)20-12(9-23)17-21-15(18(25)26)19(2,3)28-17/h4-9,12,15,17,21H,1-3H3,(H,20,24)(H,25,26)/t12-,15+,17-/m1/s1. The molecule has 0 saturated carbocycles. The van der Waals surface area contributed by atoms with E-state index in [9.17, 15) is 19.5 Å². The second-order valence-corrected chi connectivity index (χ2v) is 8.84. The summed E-state index contributed by atoms with van der Waals surface area (Å²) in [6, 6.07) is 7.35. The third-order valence-corrected chi connectivity index (χ3v) is 6.14. The van der Waals surface area contributed by atoms with Crippen molar-refractivity contribution < 1.29 is 24.0 Å². The molecule has 2 aromatic rings. The number of rotatable bonds is 6. The topological polar surface area (TPSA) is 122 Å². The van der Waals surface area contributed by atoms with Crippen molar-refractivity contribution in [1.82, 2.24) is 15.8 Å². The van der Waals surface area contributed by atoms with E-state index in [2.05, 4.69) is 15.8 Å². The van der Waals surface area contributed by atoms with Crippen LogP contribution in [0.15, 0.2) is 34.9 Å². The molecule has 3 rings (SSSR count). The van der Waals surface area contributed by atoms with Crippen LogP contribution in [0.25, 0.3) is 11.3 Å². The molecule has 1 aliphatic rings. The van der Waals surface area contributed by atoms with Crippen molar-refractivity contribution in [3.8, 4) is 11.3 Å². The first-order valence-corrected chi connectivity index (χ1v) is 9.57. The lowest BCUT2D eigenvalue weighted by atomic mass is 10.0. The maximum absolute atomic E-state index is 12.9. The van der Waals surface area contributed by atoms with E-state index < -0.39 is 34.1 Å². The summed E-state index contributed by atoms with van der Waals surface area (Å²) in [4.78, 5) is 36.0. The molecule has 1 fully saturated rings. The molecule has 8 nitrogen and oxygen atoms in total. The Morgan fingerprint density at radius 2 is 2.04 bits per heavy atom. The van der Waals surface area contributed by atoms with Gasteiger partial charge in [-0.05, 0) is 20.8 Å². The molecule has 0 bridgehead atoms. The van der Waals surface area contributed by atoms with E-state index in [1.165, 1.54) is 11.8 Å². The molecule has 1 amide bonds. The number of benzene rings is 1. The Morgan fingerprint density at radius 1 is 1.36 bits per heavy atom. The lowest BCUT2D eigenvalue weighted by Gasteiger charge is -2.21. The number of aldehydes is 1. The molecule has 1 saturated heterocycles. The summed E-state index contributed by atoms with van der Waals surface area (Å²) in [6.45, 7) is 5.19. The van der Waals surface area contributed by atoms with Crippen LogP contribution < -0.4 is 10.6 Å². The monoisotopic (exact) mass is 403 g/mol. The highest BCUT2D eigenvalue weighted by atomic mass is 32.2. The van der Waals surface area contributed by atoms with Crippen LogP contribution in [0, 0.1) is 6.92 Å². The molecule has 1 aromatic heterocycles. The number of carbonyl (C=O) groups excluding carboxylic acids is 2. The zero-order valence-corrected chi connectivity index (χ0v) is 16.4. The van der Waals surface area contributed by atoms with E-state index in [1.807, 2.05) is 18.2 Å². The molecule has 0 radical (unpaired) electrons. The Balaban J connectivity index is 1.82. The van der Waals surface area contributed by atoms with Gasteiger partial charge >= 0.3 is 5.97 Å². The molecule has 3 N–H and O–H groups in total. The molecule has 2 heterocycles. The van der Waals surface area contributed by atoms with Crippen molar-refractivity contribution in [2.45, 2.75) is 43.0 Å². The van der Waals surface area contributed by atoms with Crippen molar-refractivity contribution in [2.75, 3.05) is 0 Å². The SMILES string of the molecule is Cc1onc(-c2ccccc2)c1C(=O)N[C@H](C=O)[C@@H]1N[C@@H](C(=O)O)C(C)(C)S1. The van der Waals surface area contributed by atoms with E-state index in [0.717, 1.165) is 0 Å². The summed E-state index contributed by atoms with van der Waals surface area (Å²) in [6.07, 6.45) is 0.605. The van der Waals surface area contributed by atoms with Gasteiger partial charge in [-0.3, -0.25) is 14.9 Å². The van der Waals surface area contributed by atoms with Gasteiger partial charge in [0.1, 0.15) is 35.4 Å². The highest BCUT2D eigenvalue weighted by molar-refractivity contribution is 8.01. The van der Waals surface area contributed by atoms with Crippen molar-refractivity contribution >= 4 is 29.9 Å². The number of carboxylic acid groups (broad SMARTS) is 1. The summed E-state index contributed by atoms with van der Waals surface area (Å²) < 4.78 is 4.56. The number of aryl methyl sites for hydroxylation is 1. The second-order valence-electron chi connectivity index (χ2n) is 7.04. The molecule has 28 heavy (non-hydrogen) atoms. The quantitative estimate of drug-likeness (QED) is 0.625. The number of thioether (sulfide) groups is 1. The number of hydrogen-bond acceptors (Lipinski definition) is 7.